The fraction of sp³-hybridized carbons (Fsp3) is 0.500. The summed E-state index contributed by atoms with van der Waals surface area (Å²) in [5, 5.41) is 3.24. The molecule has 0 radical (unpaired) electrons. The minimum Gasteiger partial charge on any atom is -0.317 e. The lowest BCUT2D eigenvalue weighted by molar-refractivity contribution is 0.402. The molecule has 0 aromatic heterocycles. The minimum absolute atomic E-state index is 0.170. The molecular weight excluding hydrogens is 476 g/mol. The molecule has 0 bridgehead atoms. The van der Waals surface area contributed by atoms with E-state index in [1.165, 1.54) is 0 Å². The molecule has 0 spiro atoms. The summed E-state index contributed by atoms with van der Waals surface area (Å²) in [5.74, 6) is 0.394. The summed E-state index contributed by atoms with van der Waals surface area (Å²) in [6.45, 7) is 1.79. The van der Waals surface area contributed by atoms with Gasteiger partial charge in [-0.25, -0.2) is 8.42 Å². The number of sulfonamides is 1. The highest BCUT2D eigenvalue weighted by Crippen LogP contribution is 2.35. The van der Waals surface area contributed by atoms with Crippen molar-refractivity contribution in [1.82, 2.24) is 5.32 Å². The Kier molecular flexibility index (Phi) is 5.93. The molecule has 1 fully saturated rings. The predicted molar refractivity (Wildman–Crippen MR) is 92.5 cm³/mol. The Hall–Kier alpha value is 0.370. The molecule has 0 unspecified atom stereocenters. The molecule has 0 aliphatic carbocycles. The van der Waals surface area contributed by atoms with Gasteiger partial charge in [0, 0.05) is 13.4 Å². The van der Waals surface area contributed by atoms with Crippen LogP contribution in [0.25, 0.3) is 0 Å². The van der Waals surface area contributed by atoms with E-state index in [1.807, 2.05) is 12.1 Å². The third-order valence-corrected chi connectivity index (χ3v) is 6.31. The van der Waals surface area contributed by atoms with Crippen molar-refractivity contribution in [1.29, 1.82) is 0 Å². The summed E-state index contributed by atoms with van der Waals surface area (Å²) in [4.78, 5) is 0. The topological polar surface area (TPSA) is 58.2 Å². The van der Waals surface area contributed by atoms with Crippen molar-refractivity contribution >= 4 is 63.5 Å². The Morgan fingerprint density at radius 1 is 1.15 bits per heavy atom. The molecule has 0 amide bonds. The zero-order valence-electron chi connectivity index (χ0n) is 10.6. The summed E-state index contributed by atoms with van der Waals surface area (Å²) in [5.41, 5.74) is 0.544. The predicted octanol–water partition coefficient (Wildman–Crippen LogP) is 3.72. The molecule has 1 aromatic rings. The second-order valence-corrected chi connectivity index (χ2v) is 9.21. The normalized spacial score (nSPS) is 17.1. The average molecular weight is 491 g/mol. The van der Waals surface area contributed by atoms with Crippen LogP contribution in [0.2, 0.25) is 0 Å². The highest BCUT2D eigenvalue weighted by atomic mass is 79.9. The molecule has 2 rings (SSSR count). The monoisotopic (exact) mass is 488 g/mol. The summed E-state index contributed by atoms with van der Waals surface area (Å²) >= 11 is 10.1. The summed E-state index contributed by atoms with van der Waals surface area (Å²) in [6, 6.07) is 3.63. The van der Waals surface area contributed by atoms with Crippen LogP contribution in [0.15, 0.2) is 25.6 Å². The van der Waals surface area contributed by atoms with Crippen LogP contribution in [0.1, 0.15) is 12.8 Å². The van der Waals surface area contributed by atoms with Gasteiger partial charge in [-0.2, -0.15) is 0 Å². The molecule has 2 N–H and O–H groups in total. The van der Waals surface area contributed by atoms with Crippen LogP contribution in [0.4, 0.5) is 5.69 Å². The van der Waals surface area contributed by atoms with Gasteiger partial charge in [-0.1, -0.05) is 15.9 Å². The van der Waals surface area contributed by atoms with Crippen molar-refractivity contribution in [2.45, 2.75) is 12.8 Å². The van der Waals surface area contributed by atoms with E-state index in [1.54, 1.807) is 0 Å². The van der Waals surface area contributed by atoms with Crippen molar-refractivity contribution in [3.8, 4) is 0 Å². The number of anilines is 1. The van der Waals surface area contributed by atoms with Gasteiger partial charge in [0.15, 0.2) is 0 Å². The summed E-state index contributed by atoms with van der Waals surface area (Å²) < 4.78 is 29.5. The zero-order chi connectivity index (χ0) is 14.8. The standard InChI is InChI=1S/C12H15Br3N2O2S/c13-9-5-10(14)12(11(15)6-9)17-20(18,19)7-8-1-3-16-4-2-8/h5-6,8,16-17H,1-4,7H2. The molecule has 112 valence electrons. The van der Waals surface area contributed by atoms with Crippen LogP contribution in [-0.4, -0.2) is 27.3 Å². The van der Waals surface area contributed by atoms with Crippen LogP contribution in [-0.2, 0) is 10.0 Å². The van der Waals surface area contributed by atoms with Gasteiger partial charge in [0.05, 0.1) is 11.4 Å². The van der Waals surface area contributed by atoms with E-state index in [2.05, 4.69) is 57.8 Å². The Bertz CT molecular complexity index is 563. The lowest BCUT2D eigenvalue weighted by Gasteiger charge is -2.23. The lowest BCUT2D eigenvalue weighted by Crippen LogP contribution is -2.33. The maximum Gasteiger partial charge on any atom is 0.233 e. The van der Waals surface area contributed by atoms with E-state index in [9.17, 15) is 8.42 Å². The van der Waals surface area contributed by atoms with Gasteiger partial charge in [0.2, 0.25) is 10.0 Å². The molecule has 1 saturated heterocycles. The maximum absolute atomic E-state index is 12.3. The molecular formula is C12H15Br3N2O2S. The van der Waals surface area contributed by atoms with Crippen molar-refractivity contribution in [2.75, 3.05) is 23.6 Å². The van der Waals surface area contributed by atoms with E-state index < -0.39 is 10.0 Å². The van der Waals surface area contributed by atoms with Crippen LogP contribution in [0.5, 0.6) is 0 Å². The first-order chi connectivity index (χ1) is 9.37. The zero-order valence-corrected chi connectivity index (χ0v) is 16.2. The molecule has 0 saturated carbocycles. The van der Waals surface area contributed by atoms with Gasteiger partial charge in [-0.05, 0) is 75.8 Å². The maximum atomic E-state index is 12.3. The van der Waals surface area contributed by atoms with Crippen molar-refractivity contribution in [3.05, 3.63) is 25.6 Å². The third kappa shape index (κ3) is 4.69. The molecule has 8 heteroatoms. The van der Waals surface area contributed by atoms with Gasteiger partial charge in [-0.15, -0.1) is 0 Å². The van der Waals surface area contributed by atoms with E-state index in [4.69, 9.17) is 0 Å². The number of rotatable bonds is 4. The first kappa shape index (κ1) is 16.7. The van der Waals surface area contributed by atoms with Crippen LogP contribution >= 0.6 is 47.8 Å². The molecule has 1 aromatic carbocycles. The average Bonchev–Trinajstić information content (AvgIpc) is 2.34. The fourth-order valence-electron chi connectivity index (χ4n) is 2.20. The van der Waals surface area contributed by atoms with Crippen molar-refractivity contribution in [2.24, 2.45) is 5.92 Å². The van der Waals surface area contributed by atoms with Crippen LogP contribution in [0.3, 0.4) is 0 Å². The second kappa shape index (κ2) is 7.09. The van der Waals surface area contributed by atoms with Gasteiger partial charge in [-0.3, -0.25) is 4.72 Å². The van der Waals surface area contributed by atoms with Crippen molar-refractivity contribution < 1.29 is 8.42 Å². The Morgan fingerprint density at radius 2 is 1.70 bits per heavy atom. The third-order valence-electron chi connectivity index (χ3n) is 3.18. The molecule has 1 aliphatic rings. The number of benzene rings is 1. The SMILES string of the molecule is O=S(=O)(CC1CCNCC1)Nc1c(Br)cc(Br)cc1Br. The highest BCUT2D eigenvalue weighted by molar-refractivity contribution is 9.11. The van der Waals surface area contributed by atoms with Gasteiger partial charge < -0.3 is 5.32 Å². The van der Waals surface area contributed by atoms with Gasteiger partial charge >= 0.3 is 0 Å². The lowest BCUT2D eigenvalue weighted by atomic mass is 10.0. The van der Waals surface area contributed by atoms with Gasteiger partial charge in [0.25, 0.3) is 0 Å². The first-order valence-electron chi connectivity index (χ1n) is 6.23. The van der Waals surface area contributed by atoms with Gasteiger partial charge in [0.1, 0.15) is 0 Å². The first-order valence-corrected chi connectivity index (χ1v) is 10.3. The quantitative estimate of drug-likeness (QED) is 0.676. The minimum atomic E-state index is -3.35. The van der Waals surface area contributed by atoms with Crippen LogP contribution in [0, 0.1) is 5.92 Å². The second-order valence-electron chi connectivity index (χ2n) is 4.82. The smallest absolute Gasteiger partial charge is 0.233 e. The summed E-state index contributed by atoms with van der Waals surface area (Å²) in [7, 11) is -3.35. The fourth-order valence-corrected chi connectivity index (χ4v) is 6.48. The van der Waals surface area contributed by atoms with E-state index in [0.29, 0.717) is 14.6 Å². The van der Waals surface area contributed by atoms with E-state index >= 15 is 0 Å². The molecule has 4 nitrogen and oxygen atoms in total. The molecule has 0 atom stereocenters. The molecule has 1 heterocycles. The van der Waals surface area contributed by atoms with E-state index in [0.717, 1.165) is 30.4 Å². The largest absolute Gasteiger partial charge is 0.317 e. The van der Waals surface area contributed by atoms with Crippen molar-refractivity contribution in [3.63, 3.8) is 0 Å². The van der Waals surface area contributed by atoms with Crippen LogP contribution < -0.4 is 10.0 Å². The molecule has 1 aliphatic heterocycles. The highest BCUT2D eigenvalue weighted by Gasteiger charge is 2.22. The Morgan fingerprint density at radius 3 is 2.25 bits per heavy atom. The number of piperidine rings is 1. The number of nitrogens with one attached hydrogen (secondary N) is 2. The summed E-state index contributed by atoms with van der Waals surface area (Å²) in [6.07, 6.45) is 1.81. The Balaban J connectivity index is 2.11. The Labute approximate surface area is 144 Å². The number of hydrogen-bond acceptors (Lipinski definition) is 3. The number of hydrogen-bond donors (Lipinski definition) is 2. The van der Waals surface area contributed by atoms with E-state index in [-0.39, 0.29) is 11.7 Å². The molecule has 20 heavy (non-hydrogen) atoms. The number of halogens is 3.